The van der Waals surface area contributed by atoms with Gasteiger partial charge in [-0.05, 0) is 0 Å². The van der Waals surface area contributed by atoms with Gasteiger partial charge in [0.15, 0.2) is 0 Å². The number of halogens is 4. The van der Waals surface area contributed by atoms with Crippen LogP contribution in [0, 0.1) is 17.5 Å². The predicted octanol–water partition coefficient (Wildman–Crippen LogP) is -2.37. The molecule has 0 heterocycles. The minimum absolute atomic E-state index is 0. The zero-order valence-electron chi connectivity index (χ0n) is 7.01. The molecule has 0 radical (unpaired) electrons. The Kier molecular flexibility index (Phi) is 7.07. The molecule has 0 aliphatic carbocycles. The third-order valence-electron chi connectivity index (χ3n) is 1.21. The Morgan fingerprint density at radius 3 is 1.67 bits per heavy atom. The Bertz CT molecular complexity index is 428. The average molecular weight is 315 g/mol. The standard InChI is InChI=1S/C6H3F3O3S.BrH.Mg/c7-3-1-4(8)6(5(9)2-3)13(10,11)12;;/h1-2H,(H,10,11,12);1H;/q;;+2/p-2. The summed E-state index contributed by atoms with van der Waals surface area (Å²) in [6.45, 7) is 0. The molecule has 0 bridgehead atoms. The Labute approximate surface area is 110 Å². The zero-order valence-corrected chi connectivity index (χ0v) is 10.8. The van der Waals surface area contributed by atoms with Gasteiger partial charge in [-0.2, -0.15) is 0 Å². The van der Waals surface area contributed by atoms with Crippen molar-refractivity contribution in [2.45, 2.75) is 4.90 Å². The van der Waals surface area contributed by atoms with Crippen molar-refractivity contribution in [3.05, 3.63) is 29.6 Å². The van der Waals surface area contributed by atoms with E-state index in [4.69, 9.17) is 0 Å². The van der Waals surface area contributed by atoms with Gasteiger partial charge in [0.25, 0.3) is 0 Å². The monoisotopic (exact) mass is 314 g/mol. The number of hydrogen-bond donors (Lipinski definition) is 0. The first-order chi connectivity index (χ1) is 5.82. The summed E-state index contributed by atoms with van der Waals surface area (Å²) in [7, 11) is -5.25. The molecule has 1 rings (SSSR count). The SMILES string of the molecule is O=S(=O)([O-])c1c(F)cc(F)cc1F.[Br-].[Mg+2]. The van der Waals surface area contributed by atoms with Gasteiger partial charge in [-0.25, -0.2) is 21.6 Å². The van der Waals surface area contributed by atoms with Gasteiger partial charge in [-0.3, -0.25) is 0 Å². The quantitative estimate of drug-likeness (QED) is 0.430. The number of benzene rings is 1. The minimum Gasteiger partial charge on any atom is -1.00 e. The van der Waals surface area contributed by atoms with Crippen LogP contribution in [0.5, 0.6) is 0 Å². The fourth-order valence-corrected chi connectivity index (χ4v) is 1.36. The van der Waals surface area contributed by atoms with Crippen LogP contribution < -0.4 is 17.0 Å². The van der Waals surface area contributed by atoms with E-state index in [2.05, 4.69) is 0 Å². The summed E-state index contributed by atoms with van der Waals surface area (Å²) in [5.41, 5.74) is 0. The van der Waals surface area contributed by atoms with E-state index in [9.17, 15) is 26.1 Å². The Balaban J connectivity index is 0. The molecule has 1 aromatic rings. The summed E-state index contributed by atoms with van der Waals surface area (Å²) in [5, 5.41) is 0. The molecule has 0 N–H and O–H groups in total. The van der Waals surface area contributed by atoms with E-state index in [-0.39, 0.29) is 52.2 Å². The molecule has 0 saturated carbocycles. The van der Waals surface area contributed by atoms with Crippen LogP contribution in [-0.4, -0.2) is 36.0 Å². The van der Waals surface area contributed by atoms with Crippen molar-refractivity contribution in [2.24, 2.45) is 0 Å². The van der Waals surface area contributed by atoms with Gasteiger partial charge in [0.1, 0.15) is 32.5 Å². The Morgan fingerprint density at radius 2 is 1.40 bits per heavy atom. The maximum Gasteiger partial charge on any atom is 2.00 e. The van der Waals surface area contributed by atoms with Crippen molar-refractivity contribution in [1.29, 1.82) is 0 Å². The molecule has 0 spiro atoms. The second kappa shape index (κ2) is 6.04. The third-order valence-corrected chi connectivity index (χ3v) is 2.10. The molecule has 0 aliphatic rings. The van der Waals surface area contributed by atoms with Gasteiger partial charge in [0, 0.05) is 12.1 Å². The predicted molar refractivity (Wildman–Crippen MR) is 40.0 cm³/mol. The van der Waals surface area contributed by atoms with Crippen molar-refractivity contribution in [3.63, 3.8) is 0 Å². The maximum absolute atomic E-state index is 12.5. The molecule has 0 aromatic heterocycles. The van der Waals surface area contributed by atoms with Crippen LogP contribution in [0.3, 0.4) is 0 Å². The van der Waals surface area contributed by atoms with Crippen LogP contribution >= 0.6 is 0 Å². The summed E-state index contributed by atoms with van der Waals surface area (Å²) in [5.74, 6) is -4.75. The molecule has 3 nitrogen and oxygen atoms in total. The van der Waals surface area contributed by atoms with Crippen LogP contribution in [0.2, 0.25) is 0 Å². The Hall–Kier alpha value is 0.166. The van der Waals surface area contributed by atoms with Crippen molar-refractivity contribution in [3.8, 4) is 0 Å². The van der Waals surface area contributed by atoms with E-state index in [0.717, 1.165) is 0 Å². The zero-order chi connectivity index (χ0) is 10.2. The molecule has 0 fully saturated rings. The van der Waals surface area contributed by atoms with E-state index in [0.29, 0.717) is 0 Å². The van der Waals surface area contributed by atoms with Crippen molar-refractivity contribution < 1.29 is 43.1 Å². The fraction of sp³-hybridized carbons (Fsp3) is 0. The van der Waals surface area contributed by atoms with E-state index in [1.54, 1.807) is 0 Å². The van der Waals surface area contributed by atoms with Crippen LogP contribution in [0.4, 0.5) is 13.2 Å². The Morgan fingerprint density at radius 1 is 1.07 bits per heavy atom. The molecule has 0 aliphatic heterocycles. The first-order valence-corrected chi connectivity index (χ1v) is 4.33. The molecule has 0 unspecified atom stereocenters. The second-order valence-corrected chi connectivity index (χ2v) is 3.47. The van der Waals surface area contributed by atoms with E-state index in [1.165, 1.54) is 0 Å². The summed E-state index contributed by atoms with van der Waals surface area (Å²) < 4.78 is 68.0. The molecule has 1 aromatic carbocycles. The van der Waals surface area contributed by atoms with Crippen molar-refractivity contribution >= 4 is 33.2 Å². The first-order valence-electron chi connectivity index (χ1n) is 2.93. The van der Waals surface area contributed by atoms with Gasteiger partial charge >= 0.3 is 23.1 Å². The van der Waals surface area contributed by atoms with E-state index in [1.807, 2.05) is 0 Å². The van der Waals surface area contributed by atoms with Gasteiger partial charge in [-0.1, -0.05) is 0 Å². The third kappa shape index (κ3) is 4.27. The van der Waals surface area contributed by atoms with E-state index >= 15 is 0 Å². The summed E-state index contributed by atoms with van der Waals surface area (Å²) in [6.07, 6.45) is 0. The summed E-state index contributed by atoms with van der Waals surface area (Å²) >= 11 is 0. The van der Waals surface area contributed by atoms with E-state index < -0.39 is 32.5 Å². The second-order valence-electron chi connectivity index (χ2n) is 2.15. The molecule has 0 amide bonds. The van der Waals surface area contributed by atoms with Gasteiger partial charge in [0.05, 0.1) is 0 Å². The maximum atomic E-state index is 12.5. The number of hydrogen-bond acceptors (Lipinski definition) is 3. The van der Waals surface area contributed by atoms with Gasteiger partial charge in [-0.15, -0.1) is 0 Å². The topological polar surface area (TPSA) is 57.2 Å². The molecule has 0 saturated heterocycles. The smallest absolute Gasteiger partial charge is 1.00 e. The average Bonchev–Trinajstić information content (AvgIpc) is 1.78. The van der Waals surface area contributed by atoms with Crippen LogP contribution in [0.1, 0.15) is 0 Å². The van der Waals surface area contributed by atoms with Crippen LogP contribution in [0.25, 0.3) is 0 Å². The summed E-state index contributed by atoms with van der Waals surface area (Å²) in [6, 6.07) is 0.238. The minimum atomic E-state index is -5.25. The first kappa shape index (κ1) is 17.6. The van der Waals surface area contributed by atoms with Crippen LogP contribution in [0.15, 0.2) is 17.0 Å². The van der Waals surface area contributed by atoms with Crippen molar-refractivity contribution in [2.75, 3.05) is 0 Å². The molecule has 9 heteroatoms. The fourth-order valence-electron chi connectivity index (χ4n) is 0.768. The molecular weight excluding hydrogens is 313 g/mol. The number of rotatable bonds is 1. The van der Waals surface area contributed by atoms with Gasteiger partial charge < -0.3 is 21.5 Å². The molecular formula is C6H2BrF3MgO3S. The molecule has 0 atom stereocenters. The van der Waals surface area contributed by atoms with Gasteiger partial charge in [0.2, 0.25) is 0 Å². The molecule has 80 valence electrons. The normalized spacial score (nSPS) is 10.1. The van der Waals surface area contributed by atoms with Crippen molar-refractivity contribution in [1.82, 2.24) is 0 Å². The largest absolute Gasteiger partial charge is 2.00 e. The summed E-state index contributed by atoms with van der Waals surface area (Å²) in [4.78, 5) is -1.66. The molecule has 15 heavy (non-hydrogen) atoms. The van der Waals surface area contributed by atoms with Crippen LogP contribution in [-0.2, 0) is 10.1 Å².